The highest BCUT2D eigenvalue weighted by Crippen LogP contribution is 2.30. The molecule has 0 atom stereocenters. The van der Waals surface area contributed by atoms with Crippen LogP contribution in [0.15, 0.2) is 66.9 Å². The Hall–Kier alpha value is -2.82. The van der Waals surface area contributed by atoms with Gasteiger partial charge in [-0.05, 0) is 54.4 Å². The third-order valence-electron chi connectivity index (χ3n) is 4.42. The van der Waals surface area contributed by atoms with Crippen molar-refractivity contribution in [3.05, 3.63) is 82.5 Å². The molecule has 3 aromatic carbocycles. The summed E-state index contributed by atoms with van der Waals surface area (Å²) in [5, 5.41) is 6.55. The number of carbonyl (C=O) groups excluding carboxylic acids is 1. The molecule has 0 N–H and O–H groups in total. The monoisotopic (exact) mass is 410 g/mol. The molecule has 0 unspecified atom stereocenters. The van der Waals surface area contributed by atoms with E-state index >= 15 is 0 Å². The zero-order valence-electron chi connectivity index (χ0n) is 15.0. The number of hydrogen-bond donors (Lipinski definition) is 0. The number of carbonyl (C=O) groups is 1. The molecule has 4 aromatic rings. The number of fused-ring (bicyclic) bond motifs is 1. The zero-order chi connectivity index (χ0) is 19.7. The molecule has 4 nitrogen and oxygen atoms in total. The number of esters is 1. The molecular formula is C22H16Cl2N2O2. The van der Waals surface area contributed by atoms with Gasteiger partial charge in [0, 0.05) is 10.4 Å². The molecule has 28 heavy (non-hydrogen) atoms. The topological polar surface area (TPSA) is 44.1 Å². The molecule has 0 fully saturated rings. The zero-order valence-corrected chi connectivity index (χ0v) is 16.5. The number of aromatic nitrogens is 2. The first kappa shape index (κ1) is 18.5. The molecule has 0 aliphatic heterocycles. The molecule has 0 spiro atoms. The van der Waals surface area contributed by atoms with Crippen LogP contribution in [0.2, 0.25) is 10.0 Å². The van der Waals surface area contributed by atoms with E-state index in [4.69, 9.17) is 27.9 Å². The SMILES string of the molecule is CCOC(=O)c1cccc(-c2ccc3cnn(-c4ccc(Cl)cc4Cl)c3c2)c1. The van der Waals surface area contributed by atoms with E-state index in [1.165, 1.54) is 0 Å². The van der Waals surface area contributed by atoms with Gasteiger partial charge < -0.3 is 4.74 Å². The third-order valence-corrected chi connectivity index (χ3v) is 4.95. The van der Waals surface area contributed by atoms with E-state index in [1.807, 2.05) is 42.5 Å². The molecule has 0 saturated heterocycles. The summed E-state index contributed by atoms with van der Waals surface area (Å²) in [6, 6.07) is 18.7. The Bertz CT molecular complexity index is 1180. The number of halogens is 2. The van der Waals surface area contributed by atoms with Crippen molar-refractivity contribution in [2.45, 2.75) is 6.92 Å². The van der Waals surface area contributed by atoms with E-state index in [2.05, 4.69) is 5.10 Å². The number of nitrogens with zero attached hydrogens (tertiary/aromatic N) is 2. The van der Waals surface area contributed by atoms with Gasteiger partial charge in [0.25, 0.3) is 0 Å². The standard InChI is InChI=1S/C22H16Cl2N2O2/c1-2-28-22(27)16-5-3-4-14(10-16)15-6-7-17-13-25-26(21(17)11-15)20-9-8-18(23)12-19(20)24/h3-13H,2H2,1H3. The first-order valence-corrected chi connectivity index (χ1v) is 9.53. The number of benzene rings is 3. The van der Waals surface area contributed by atoms with Gasteiger partial charge in [0.1, 0.15) is 0 Å². The van der Waals surface area contributed by atoms with Crippen molar-refractivity contribution >= 4 is 40.1 Å². The van der Waals surface area contributed by atoms with Crippen LogP contribution in [0.25, 0.3) is 27.7 Å². The van der Waals surface area contributed by atoms with Gasteiger partial charge >= 0.3 is 5.97 Å². The first-order chi connectivity index (χ1) is 13.6. The molecule has 4 rings (SSSR count). The highest BCUT2D eigenvalue weighted by atomic mass is 35.5. The lowest BCUT2D eigenvalue weighted by Gasteiger charge is -2.09. The summed E-state index contributed by atoms with van der Waals surface area (Å²) >= 11 is 12.4. The highest BCUT2D eigenvalue weighted by Gasteiger charge is 2.12. The van der Waals surface area contributed by atoms with E-state index in [9.17, 15) is 4.79 Å². The molecule has 0 bridgehead atoms. The summed E-state index contributed by atoms with van der Waals surface area (Å²) in [6.07, 6.45) is 1.79. The maximum atomic E-state index is 12.0. The predicted octanol–water partition coefficient (Wildman–Crippen LogP) is 6.18. The summed E-state index contributed by atoms with van der Waals surface area (Å²) < 4.78 is 6.88. The van der Waals surface area contributed by atoms with E-state index in [0.29, 0.717) is 22.2 Å². The summed E-state index contributed by atoms with van der Waals surface area (Å²) in [7, 11) is 0. The van der Waals surface area contributed by atoms with Crippen LogP contribution in [-0.4, -0.2) is 22.4 Å². The maximum Gasteiger partial charge on any atom is 0.338 e. The van der Waals surface area contributed by atoms with Gasteiger partial charge in [-0.25, -0.2) is 9.48 Å². The number of ether oxygens (including phenoxy) is 1. The van der Waals surface area contributed by atoms with E-state index in [-0.39, 0.29) is 5.97 Å². The average molecular weight is 411 g/mol. The Morgan fingerprint density at radius 2 is 1.86 bits per heavy atom. The predicted molar refractivity (Wildman–Crippen MR) is 112 cm³/mol. The van der Waals surface area contributed by atoms with Crippen molar-refractivity contribution in [2.75, 3.05) is 6.61 Å². The fourth-order valence-electron chi connectivity index (χ4n) is 3.08. The quantitative estimate of drug-likeness (QED) is 0.377. The van der Waals surface area contributed by atoms with Crippen LogP contribution in [-0.2, 0) is 4.74 Å². The van der Waals surface area contributed by atoms with Crippen molar-refractivity contribution in [1.82, 2.24) is 9.78 Å². The fourth-order valence-corrected chi connectivity index (χ4v) is 3.57. The summed E-state index contributed by atoms with van der Waals surface area (Å²) in [5.41, 5.74) is 4.06. The molecule has 1 aromatic heterocycles. The van der Waals surface area contributed by atoms with Gasteiger partial charge in [-0.15, -0.1) is 0 Å². The van der Waals surface area contributed by atoms with Crippen LogP contribution in [0, 0.1) is 0 Å². The van der Waals surface area contributed by atoms with Crippen LogP contribution >= 0.6 is 23.2 Å². The van der Waals surface area contributed by atoms with Crippen molar-refractivity contribution in [3.8, 4) is 16.8 Å². The summed E-state index contributed by atoms with van der Waals surface area (Å²) in [6.45, 7) is 2.13. The molecule has 0 aliphatic rings. The second kappa shape index (κ2) is 7.66. The van der Waals surface area contributed by atoms with Crippen molar-refractivity contribution in [3.63, 3.8) is 0 Å². The molecule has 0 radical (unpaired) electrons. The molecule has 0 saturated carbocycles. The molecule has 0 aliphatic carbocycles. The molecule has 0 amide bonds. The Balaban J connectivity index is 1.80. The Kier molecular flexibility index (Phi) is 5.07. The van der Waals surface area contributed by atoms with Crippen molar-refractivity contribution in [2.24, 2.45) is 0 Å². The molecular weight excluding hydrogens is 395 g/mol. The molecule has 6 heteroatoms. The van der Waals surface area contributed by atoms with Gasteiger partial charge in [0.15, 0.2) is 0 Å². The Morgan fingerprint density at radius 1 is 1.04 bits per heavy atom. The smallest absolute Gasteiger partial charge is 0.338 e. The average Bonchev–Trinajstić information content (AvgIpc) is 3.11. The van der Waals surface area contributed by atoms with Gasteiger partial charge in [0.2, 0.25) is 0 Å². The maximum absolute atomic E-state index is 12.0. The van der Waals surface area contributed by atoms with Crippen molar-refractivity contribution < 1.29 is 9.53 Å². The minimum Gasteiger partial charge on any atom is -0.462 e. The lowest BCUT2D eigenvalue weighted by Crippen LogP contribution is -2.04. The largest absolute Gasteiger partial charge is 0.462 e. The van der Waals surface area contributed by atoms with Crippen LogP contribution in [0.5, 0.6) is 0 Å². The van der Waals surface area contributed by atoms with Crippen LogP contribution in [0.1, 0.15) is 17.3 Å². The first-order valence-electron chi connectivity index (χ1n) is 8.77. The lowest BCUT2D eigenvalue weighted by atomic mass is 10.0. The van der Waals surface area contributed by atoms with Gasteiger partial charge in [-0.1, -0.05) is 47.5 Å². The van der Waals surface area contributed by atoms with E-state index in [0.717, 1.165) is 27.7 Å². The van der Waals surface area contributed by atoms with Crippen LogP contribution < -0.4 is 0 Å². The van der Waals surface area contributed by atoms with Crippen LogP contribution in [0.4, 0.5) is 0 Å². The minimum absolute atomic E-state index is 0.330. The van der Waals surface area contributed by atoms with Gasteiger partial charge in [-0.2, -0.15) is 5.10 Å². The van der Waals surface area contributed by atoms with Crippen LogP contribution in [0.3, 0.4) is 0 Å². The Morgan fingerprint density at radius 3 is 2.64 bits per heavy atom. The molecule has 1 heterocycles. The normalized spacial score (nSPS) is 11.0. The molecule has 140 valence electrons. The number of rotatable bonds is 4. The second-order valence-corrected chi connectivity index (χ2v) is 7.07. The Labute approximate surface area is 172 Å². The van der Waals surface area contributed by atoms with Crippen molar-refractivity contribution in [1.29, 1.82) is 0 Å². The van der Waals surface area contributed by atoms with Gasteiger partial charge in [-0.3, -0.25) is 0 Å². The fraction of sp³-hybridized carbons (Fsp3) is 0.0909. The third kappa shape index (κ3) is 3.49. The van der Waals surface area contributed by atoms with E-state index in [1.54, 1.807) is 36.0 Å². The highest BCUT2D eigenvalue weighted by molar-refractivity contribution is 6.35. The van der Waals surface area contributed by atoms with E-state index < -0.39 is 0 Å². The lowest BCUT2D eigenvalue weighted by molar-refractivity contribution is 0.0526. The van der Waals surface area contributed by atoms with Gasteiger partial charge in [0.05, 0.1) is 34.6 Å². The second-order valence-electron chi connectivity index (χ2n) is 6.23. The minimum atomic E-state index is -0.330. The summed E-state index contributed by atoms with van der Waals surface area (Å²) in [5.74, 6) is -0.330. The number of hydrogen-bond acceptors (Lipinski definition) is 3. The summed E-state index contributed by atoms with van der Waals surface area (Å²) in [4.78, 5) is 12.0.